The molecule has 7 atom stereocenters. The molecule has 126 valence electrons. The fourth-order valence-corrected chi connectivity index (χ4v) is 7.26. The van der Waals surface area contributed by atoms with E-state index in [1.165, 1.54) is 25.7 Å². The Labute approximate surface area is 140 Å². The Balaban J connectivity index is 1.69. The van der Waals surface area contributed by atoms with Crippen molar-refractivity contribution in [1.29, 1.82) is 0 Å². The standard InChI is InChI=1S/C21H30O2/c1-4-13-5-6-16-15-12-19(23)18-11-14(22)7-9-21(18,3)17(15)8-10-20(13,16)2/h4,13,15-18H,1,5-12H2,2-3H3. The topological polar surface area (TPSA) is 34.1 Å². The fourth-order valence-electron chi connectivity index (χ4n) is 7.26. The predicted octanol–water partition coefficient (Wildman–Crippen LogP) is 4.58. The first kappa shape index (κ1) is 15.6. The Morgan fingerprint density at radius 2 is 1.74 bits per heavy atom. The normalized spacial score (nSPS) is 52.5. The molecule has 4 aliphatic rings. The number of carbonyl (C=O) groups excluding carboxylic acids is 2. The highest BCUT2D eigenvalue weighted by atomic mass is 16.1. The molecule has 0 amide bonds. The number of Topliss-reactive ketones (excluding diaryl/α,β-unsaturated/α-hetero) is 2. The van der Waals surface area contributed by atoms with Gasteiger partial charge >= 0.3 is 0 Å². The Hall–Kier alpha value is -0.920. The van der Waals surface area contributed by atoms with Crippen molar-refractivity contribution in [1.82, 2.24) is 0 Å². The maximum absolute atomic E-state index is 12.9. The van der Waals surface area contributed by atoms with E-state index >= 15 is 0 Å². The molecule has 0 aromatic carbocycles. The monoisotopic (exact) mass is 314 g/mol. The van der Waals surface area contributed by atoms with Gasteiger partial charge in [0.1, 0.15) is 11.6 Å². The first-order valence-electron chi connectivity index (χ1n) is 9.57. The van der Waals surface area contributed by atoms with Gasteiger partial charge in [-0.1, -0.05) is 19.9 Å². The molecule has 0 aliphatic heterocycles. The lowest BCUT2D eigenvalue weighted by Crippen LogP contribution is -2.56. The van der Waals surface area contributed by atoms with E-state index in [1.54, 1.807) is 0 Å². The maximum atomic E-state index is 12.9. The SMILES string of the molecule is C=CC1CCC2C3CC(=O)C4CC(=O)CCC4(C)C3CCC12C. The van der Waals surface area contributed by atoms with Crippen molar-refractivity contribution in [2.45, 2.75) is 65.2 Å². The Bertz CT molecular complexity index is 564. The van der Waals surface area contributed by atoms with Gasteiger partial charge in [0, 0.05) is 25.2 Å². The summed E-state index contributed by atoms with van der Waals surface area (Å²) in [5.41, 5.74) is 0.443. The molecule has 0 radical (unpaired) electrons. The lowest BCUT2D eigenvalue weighted by atomic mass is 9.44. The minimum atomic E-state index is 0.0194. The third-order valence-corrected chi connectivity index (χ3v) is 8.64. The molecule has 4 saturated carbocycles. The van der Waals surface area contributed by atoms with Crippen LogP contribution in [0.2, 0.25) is 0 Å². The molecule has 2 heteroatoms. The van der Waals surface area contributed by atoms with Crippen molar-refractivity contribution in [2.24, 2.45) is 40.4 Å². The summed E-state index contributed by atoms with van der Waals surface area (Å²) in [6, 6.07) is 0. The van der Waals surface area contributed by atoms with Gasteiger partial charge in [-0.25, -0.2) is 0 Å². The lowest BCUT2D eigenvalue weighted by molar-refractivity contribution is -0.157. The van der Waals surface area contributed by atoms with Crippen LogP contribution in [0.4, 0.5) is 0 Å². The Morgan fingerprint density at radius 1 is 1.00 bits per heavy atom. The van der Waals surface area contributed by atoms with Crippen LogP contribution in [0.15, 0.2) is 12.7 Å². The molecule has 0 bridgehead atoms. The van der Waals surface area contributed by atoms with Crippen LogP contribution < -0.4 is 0 Å². The Kier molecular flexibility index (Phi) is 3.42. The molecule has 7 unspecified atom stereocenters. The molecule has 4 fully saturated rings. The van der Waals surface area contributed by atoms with E-state index in [-0.39, 0.29) is 11.3 Å². The van der Waals surface area contributed by atoms with Gasteiger partial charge in [-0.15, -0.1) is 6.58 Å². The molecule has 0 saturated heterocycles. The van der Waals surface area contributed by atoms with Crippen molar-refractivity contribution in [2.75, 3.05) is 0 Å². The van der Waals surface area contributed by atoms with Gasteiger partial charge in [0.15, 0.2) is 0 Å². The van der Waals surface area contributed by atoms with E-state index in [0.29, 0.717) is 53.5 Å². The maximum Gasteiger partial charge on any atom is 0.137 e. The Morgan fingerprint density at radius 3 is 2.48 bits per heavy atom. The molecule has 0 aromatic heterocycles. The number of carbonyl (C=O) groups is 2. The van der Waals surface area contributed by atoms with Crippen LogP contribution in [-0.2, 0) is 9.59 Å². The summed E-state index contributed by atoms with van der Waals surface area (Å²) >= 11 is 0. The van der Waals surface area contributed by atoms with Crippen molar-refractivity contribution in [3.05, 3.63) is 12.7 Å². The van der Waals surface area contributed by atoms with E-state index in [4.69, 9.17) is 0 Å². The smallest absolute Gasteiger partial charge is 0.137 e. The molecule has 0 spiro atoms. The third-order valence-electron chi connectivity index (χ3n) is 8.64. The van der Waals surface area contributed by atoms with E-state index < -0.39 is 0 Å². The minimum Gasteiger partial charge on any atom is -0.300 e. The quantitative estimate of drug-likeness (QED) is 0.664. The molecule has 2 nitrogen and oxygen atoms in total. The van der Waals surface area contributed by atoms with E-state index in [2.05, 4.69) is 26.5 Å². The van der Waals surface area contributed by atoms with Gasteiger partial charge in [0.05, 0.1) is 0 Å². The molecule has 0 N–H and O–H groups in total. The van der Waals surface area contributed by atoms with Gasteiger partial charge < -0.3 is 0 Å². The molecule has 23 heavy (non-hydrogen) atoms. The second-order valence-electron chi connectivity index (χ2n) is 9.31. The first-order valence-corrected chi connectivity index (χ1v) is 9.57. The van der Waals surface area contributed by atoms with Crippen LogP contribution in [0, 0.1) is 40.4 Å². The predicted molar refractivity (Wildman–Crippen MR) is 90.8 cm³/mol. The molecule has 4 aliphatic carbocycles. The average molecular weight is 314 g/mol. The zero-order valence-corrected chi connectivity index (χ0v) is 14.6. The summed E-state index contributed by atoms with van der Waals surface area (Å²) < 4.78 is 0. The zero-order chi connectivity index (χ0) is 16.4. The summed E-state index contributed by atoms with van der Waals surface area (Å²) in [6.07, 6.45) is 10.1. The number of rotatable bonds is 1. The van der Waals surface area contributed by atoms with Crippen LogP contribution in [0.3, 0.4) is 0 Å². The molecule has 4 rings (SSSR count). The number of hydrogen-bond acceptors (Lipinski definition) is 2. The van der Waals surface area contributed by atoms with Crippen LogP contribution in [0.5, 0.6) is 0 Å². The first-order chi connectivity index (χ1) is 10.9. The highest BCUT2D eigenvalue weighted by Gasteiger charge is 2.61. The third kappa shape index (κ3) is 1.99. The number of fused-ring (bicyclic) bond motifs is 5. The van der Waals surface area contributed by atoms with Gasteiger partial charge in [-0.05, 0) is 66.6 Å². The summed E-state index contributed by atoms with van der Waals surface area (Å²) in [5, 5.41) is 0. The largest absolute Gasteiger partial charge is 0.300 e. The highest BCUT2D eigenvalue weighted by molar-refractivity contribution is 5.90. The van der Waals surface area contributed by atoms with E-state index in [1.807, 2.05) is 0 Å². The van der Waals surface area contributed by atoms with E-state index in [9.17, 15) is 9.59 Å². The second kappa shape index (κ2) is 5.04. The average Bonchev–Trinajstić information content (AvgIpc) is 2.86. The zero-order valence-electron chi connectivity index (χ0n) is 14.6. The van der Waals surface area contributed by atoms with Crippen molar-refractivity contribution >= 4 is 11.6 Å². The van der Waals surface area contributed by atoms with Crippen LogP contribution in [-0.4, -0.2) is 11.6 Å². The second-order valence-corrected chi connectivity index (χ2v) is 9.31. The number of ketones is 2. The molecule has 0 heterocycles. The molecular formula is C21H30O2. The van der Waals surface area contributed by atoms with Crippen LogP contribution in [0.1, 0.15) is 65.2 Å². The number of hydrogen-bond donors (Lipinski definition) is 0. The van der Waals surface area contributed by atoms with E-state index in [0.717, 1.165) is 12.8 Å². The summed E-state index contributed by atoms with van der Waals surface area (Å²) in [7, 11) is 0. The van der Waals surface area contributed by atoms with Crippen molar-refractivity contribution < 1.29 is 9.59 Å². The summed E-state index contributed by atoms with van der Waals surface area (Å²) in [6.45, 7) is 8.87. The molecule has 0 aromatic rings. The van der Waals surface area contributed by atoms with Gasteiger partial charge in [-0.2, -0.15) is 0 Å². The number of allylic oxidation sites excluding steroid dienone is 1. The lowest BCUT2D eigenvalue weighted by Gasteiger charge is -2.59. The van der Waals surface area contributed by atoms with Crippen molar-refractivity contribution in [3.63, 3.8) is 0 Å². The van der Waals surface area contributed by atoms with Gasteiger partial charge in [-0.3, -0.25) is 9.59 Å². The summed E-state index contributed by atoms with van der Waals surface area (Å²) in [4.78, 5) is 24.8. The highest BCUT2D eigenvalue weighted by Crippen LogP contribution is 2.66. The van der Waals surface area contributed by atoms with Crippen molar-refractivity contribution in [3.8, 4) is 0 Å². The molecular weight excluding hydrogens is 284 g/mol. The van der Waals surface area contributed by atoms with Gasteiger partial charge in [0.25, 0.3) is 0 Å². The minimum absolute atomic E-state index is 0.0194. The van der Waals surface area contributed by atoms with Crippen LogP contribution >= 0.6 is 0 Å². The van der Waals surface area contributed by atoms with Crippen LogP contribution in [0.25, 0.3) is 0 Å². The summed E-state index contributed by atoms with van der Waals surface area (Å²) in [5.74, 6) is 3.25. The fraction of sp³-hybridized carbons (Fsp3) is 0.810. The van der Waals surface area contributed by atoms with Gasteiger partial charge in [0.2, 0.25) is 0 Å².